The molecule has 134 valence electrons. The fraction of sp³-hybridized carbons (Fsp3) is 0.111. The highest BCUT2D eigenvalue weighted by Crippen LogP contribution is 2.28. The summed E-state index contributed by atoms with van der Waals surface area (Å²) < 4.78 is 12.3. The molecule has 0 bridgehead atoms. The maximum absolute atomic E-state index is 13.0. The summed E-state index contributed by atoms with van der Waals surface area (Å²) in [6.07, 6.45) is 1.76. The number of ketones is 1. The molecule has 0 aliphatic carbocycles. The largest absolute Gasteiger partial charge is 0.418 e. The standard InChI is InChI=1S/C18H13N5O3S/c1-25-9-23-7-11(10-4-2-3-5-14(10)23)15(24)18-22-13(8-27-18)17-21-12(6-19)16(20)26-17/h2-5,7-8H,9,20H2,1H3. The van der Waals surface area contributed by atoms with E-state index in [1.807, 2.05) is 34.9 Å². The van der Waals surface area contributed by atoms with Crippen LogP contribution in [0.1, 0.15) is 21.1 Å². The number of hydrogen-bond donors (Lipinski definition) is 1. The molecule has 2 N–H and O–H groups in total. The molecule has 0 fully saturated rings. The van der Waals surface area contributed by atoms with E-state index in [0.717, 1.165) is 10.9 Å². The van der Waals surface area contributed by atoms with E-state index in [2.05, 4.69) is 9.97 Å². The molecular weight excluding hydrogens is 366 g/mol. The van der Waals surface area contributed by atoms with Gasteiger partial charge in [-0.3, -0.25) is 4.79 Å². The smallest absolute Gasteiger partial charge is 0.249 e. The molecule has 1 aromatic carbocycles. The number of benzene rings is 1. The van der Waals surface area contributed by atoms with Gasteiger partial charge in [0.2, 0.25) is 23.3 Å². The zero-order chi connectivity index (χ0) is 19.0. The van der Waals surface area contributed by atoms with Crippen LogP contribution in [0, 0.1) is 11.3 Å². The van der Waals surface area contributed by atoms with Crippen LogP contribution < -0.4 is 5.73 Å². The van der Waals surface area contributed by atoms with Crippen molar-refractivity contribution < 1.29 is 13.9 Å². The number of nitrogen functional groups attached to an aromatic ring is 1. The summed E-state index contributed by atoms with van der Waals surface area (Å²) in [5, 5.41) is 11.7. The van der Waals surface area contributed by atoms with Gasteiger partial charge in [-0.25, -0.2) is 4.98 Å². The molecule has 0 unspecified atom stereocenters. The number of nitrogens with zero attached hydrogens (tertiary/aromatic N) is 4. The predicted octanol–water partition coefficient (Wildman–Crippen LogP) is 3.04. The minimum Gasteiger partial charge on any atom is -0.418 e. The first-order valence-corrected chi connectivity index (χ1v) is 8.74. The molecule has 3 aromatic heterocycles. The van der Waals surface area contributed by atoms with E-state index in [4.69, 9.17) is 20.1 Å². The molecule has 0 aliphatic heterocycles. The monoisotopic (exact) mass is 379 g/mol. The van der Waals surface area contributed by atoms with Crippen LogP contribution in [0.3, 0.4) is 0 Å². The number of rotatable bonds is 5. The number of nitriles is 1. The normalized spacial score (nSPS) is 11.0. The predicted molar refractivity (Wildman–Crippen MR) is 99.1 cm³/mol. The van der Waals surface area contributed by atoms with Gasteiger partial charge in [0.1, 0.15) is 18.5 Å². The van der Waals surface area contributed by atoms with Crippen LogP contribution in [0.15, 0.2) is 40.3 Å². The molecule has 0 amide bonds. The maximum Gasteiger partial charge on any atom is 0.249 e. The summed E-state index contributed by atoms with van der Waals surface area (Å²) in [4.78, 5) is 21.3. The number of ether oxygens (including phenoxy) is 1. The number of oxazole rings is 1. The number of nitrogens with two attached hydrogens (primary N) is 1. The molecule has 9 heteroatoms. The van der Waals surface area contributed by atoms with Gasteiger partial charge in [-0.1, -0.05) is 18.2 Å². The third-order valence-corrected chi connectivity index (χ3v) is 4.82. The van der Waals surface area contributed by atoms with Gasteiger partial charge in [0.05, 0.1) is 11.1 Å². The third-order valence-electron chi connectivity index (χ3n) is 3.98. The second-order valence-electron chi connectivity index (χ2n) is 5.66. The number of para-hydroxylation sites is 1. The number of hydrogen-bond acceptors (Lipinski definition) is 8. The van der Waals surface area contributed by atoms with Gasteiger partial charge in [-0.15, -0.1) is 11.3 Å². The van der Waals surface area contributed by atoms with Crippen LogP contribution in [-0.2, 0) is 11.5 Å². The lowest BCUT2D eigenvalue weighted by Gasteiger charge is -2.01. The third kappa shape index (κ3) is 2.87. The van der Waals surface area contributed by atoms with E-state index in [0.29, 0.717) is 23.0 Å². The summed E-state index contributed by atoms with van der Waals surface area (Å²) in [6.45, 7) is 0.337. The van der Waals surface area contributed by atoms with Gasteiger partial charge in [-0.2, -0.15) is 10.2 Å². The summed E-state index contributed by atoms with van der Waals surface area (Å²) in [6, 6.07) is 9.44. The first-order valence-electron chi connectivity index (χ1n) is 7.86. The second-order valence-corrected chi connectivity index (χ2v) is 6.52. The Morgan fingerprint density at radius 3 is 2.96 bits per heavy atom. The Balaban J connectivity index is 1.73. The summed E-state index contributed by atoms with van der Waals surface area (Å²) in [7, 11) is 1.60. The fourth-order valence-corrected chi connectivity index (χ4v) is 3.53. The van der Waals surface area contributed by atoms with E-state index in [1.54, 1.807) is 18.7 Å². The van der Waals surface area contributed by atoms with Crippen molar-refractivity contribution in [2.45, 2.75) is 6.73 Å². The molecule has 0 saturated heterocycles. The lowest BCUT2D eigenvalue weighted by molar-refractivity contribution is 0.103. The zero-order valence-electron chi connectivity index (χ0n) is 14.2. The van der Waals surface area contributed by atoms with Crippen LogP contribution in [-0.4, -0.2) is 27.4 Å². The van der Waals surface area contributed by atoms with Gasteiger partial charge >= 0.3 is 0 Å². The van der Waals surface area contributed by atoms with Gasteiger partial charge < -0.3 is 19.5 Å². The molecule has 0 spiro atoms. The number of carbonyl (C=O) groups excluding carboxylic acids is 1. The minimum atomic E-state index is -0.211. The lowest BCUT2D eigenvalue weighted by Crippen LogP contribution is -2.01. The van der Waals surface area contributed by atoms with Crippen molar-refractivity contribution in [1.29, 1.82) is 5.26 Å². The van der Waals surface area contributed by atoms with E-state index in [9.17, 15) is 4.79 Å². The van der Waals surface area contributed by atoms with Crippen molar-refractivity contribution in [3.63, 3.8) is 0 Å². The van der Waals surface area contributed by atoms with E-state index >= 15 is 0 Å². The topological polar surface area (TPSA) is 120 Å². The van der Waals surface area contributed by atoms with Crippen molar-refractivity contribution >= 4 is 33.9 Å². The highest BCUT2D eigenvalue weighted by molar-refractivity contribution is 7.12. The first kappa shape index (κ1) is 17.0. The van der Waals surface area contributed by atoms with Crippen LogP contribution in [0.4, 0.5) is 5.88 Å². The number of methoxy groups -OCH3 is 1. The molecule has 0 radical (unpaired) electrons. The Labute approximate surface area is 157 Å². The van der Waals surface area contributed by atoms with Crippen molar-refractivity contribution in [2.24, 2.45) is 0 Å². The van der Waals surface area contributed by atoms with E-state index in [-0.39, 0.29) is 23.3 Å². The average molecular weight is 379 g/mol. The van der Waals surface area contributed by atoms with E-state index < -0.39 is 0 Å². The van der Waals surface area contributed by atoms with Crippen molar-refractivity contribution in [1.82, 2.24) is 14.5 Å². The quantitative estimate of drug-likeness (QED) is 0.529. The Morgan fingerprint density at radius 1 is 1.41 bits per heavy atom. The van der Waals surface area contributed by atoms with Crippen LogP contribution >= 0.6 is 11.3 Å². The van der Waals surface area contributed by atoms with E-state index in [1.165, 1.54) is 11.3 Å². The molecule has 0 atom stereocenters. The number of thiazole rings is 1. The van der Waals surface area contributed by atoms with Crippen molar-refractivity contribution in [3.8, 4) is 17.7 Å². The Hall–Kier alpha value is -3.48. The van der Waals surface area contributed by atoms with Gasteiger partial charge in [0.25, 0.3) is 0 Å². The summed E-state index contributed by atoms with van der Waals surface area (Å²) in [5.74, 6) is -0.172. The summed E-state index contributed by atoms with van der Waals surface area (Å²) >= 11 is 1.18. The minimum absolute atomic E-state index is 0.00601. The SMILES string of the molecule is COCn1cc(C(=O)c2nc(-c3nc(C#N)c(N)o3)cs2)c2ccccc21. The Bertz CT molecular complexity index is 1200. The second kappa shape index (κ2) is 6.68. The molecule has 8 nitrogen and oxygen atoms in total. The number of aromatic nitrogens is 3. The van der Waals surface area contributed by atoms with Crippen LogP contribution in [0.25, 0.3) is 22.5 Å². The van der Waals surface area contributed by atoms with Crippen molar-refractivity contribution in [2.75, 3.05) is 12.8 Å². The highest BCUT2D eigenvalue weighted by Gasteiger charge is 2.21. The van der Waals surface area contributed by atoms with Gasteiger partial charge in [0.15, 0.2) is 5.01 Å². The van der Waals surface area contributed by atoms with Gasteiger partial charge in [0, 0.05) is 24.1 Å². The van der Waals surface area contributed by atoms with Gasteiger partial charge in [-0.05, 0) is 6.07 Å². The fourth-order valence-electron chi connectivity index (χ4n) is 2.79. The molecule has 0 aliphatic rings. The summed E-state index contributed by atoms with van der Waals surface area (Å²) in [5.41, 5.74) is 7.37. The lowest BCUT2D eigenvalue weighted by atomic mass is 10.1. The average Bonchev–Trinajstić information content (AvgIpc) is 3.39. The molecular formula is C18H13N5O3S. The molecule has 3 heterocycles. The zero-order valence-corrected chi connectivity index (χ0v) is 15.0. The van der Waals surface area contributed by atoms with Crippen LogP contribution in [0.5, 0.6) is 0 Å². The maximum atomic E-state index is 13.0. The van der Waals surface area contributed by atoms with Crippen LogP contribution in [0.2, 0.25) is 0 Å². The number of fused-ring (bicyclic) bond motifs is 1. The Kier molecular flexibility index (Phi) is 4.19. The molecule has 27 heavy (non-hydrogen) atoms. The first-order chi connectivity index (χ1) is 13.1. The number of anilines is 1. The molecule has 0 saturated carbocycles. The number of carbonyl (C=O) groups is 1. The Morgan fingerprint density at radius 2 is 2.22 bits per heavy atom. The molecule has 4 rings (SSSR count). The highest BCUT2D eigenvalue weighted by atomic mass is 32.1. The van der Waals surface area contributed by atoms with Crippen molar-refractivity contribution in [3.05, 3.63) is 52.1 Å². The molecule has 4 aromatic rings.